The van der Waals surface area contributed by atoms with Crippen molar-refractivity contribution in [2.75, 3.05) is 13.1 Å². The highest BCUT2D eigenvalue weighted by Crippen LogP contribution is 2.27. The number of amides is 1. The van der Waals surface area contributed by atoms with Crippen molar-refractivity contribution in [1.29, 1.82) is 0 Å². The van der Waals surface area contributed by atoms with Gasteiger partial charge in [-0.15, -0.1) is 0 Å². The SMILES string of the molecule is O=C(C1CCCCC1)N1CCC2CCC(C1)N2. The minimum absolute atomic E-state index is 0.348. The van der Waals surface area contributed by atoms with Crippen LogP contribution in [0.4, 0.5) is 0 Å². The Morgan fingerprint density at radius 2 is 1.71 bits per heavy atom. The number of rotatable bonds is 1. The molecule has 3 heteroatoms. The second-order valence-corrected chi connectivity index (χ2v) is 6.05. The first-order valence-electron chi connectivity index (χ1n) is 7.38. The Bertz CT molecular complexity index is 286. The van der Waals surface area contributed by atoms with Crippen LogP contribution in [0.2, 0.25) is 0 Å². The van der Waals surface area contributed by atoms with E-state index in [1.807, 2.05) is 0 Å². The molecule has 3 nitrogen and oxygen atoms in total. The van der Waals surface area contributed by atoms with Crippen molar-refractivity contribution in [3.8, 4) is 0 Å². The van der Waals surface area contributed by atoms with Gasteiger partial charge in [-0.2, -0.15) is 0 Å². The van der Waals surface area contributed by atoms with E-state index in [-0.39, 0.29) is 0 Å². The number of likely N-dealkylation sites (tertiary alicyclic amines) is 1. The lowest BCUT2D eigenvalue weighted by molar-refractivity contribution is -0.136. The Labute approximate surface area is 104 Å². The molecule has 3 aliphatic rings. The molecule has 1 aliphatic carbocycles. The zero-order valence-electron chi connectivity index (χ0n) is 10.7. The summed E-state index contributed by atoms with van der Waals surface area (Å²) in [4.78, 5) is 14.6. The summed E-state index contributed by atoms with van der Waals surface area (Å²) < 4.78 is 0. The number of hydrogen-bond acceptors (Lipinski definition) is 2. The van der Waals surface area contributed by atoms with E-state index in [1.165, 1.54) is 32.1 Å². The van der Waals surface area contributed by atoms with E-state index in [2.05, 4.69) is 10.2 Å². The molecule has 2 heterocycles. The van der Waals surface area contributed by atoms with Gasteiger partial charge >= 0.3 is 0 Å². The number of nitrogens with zero attached hydrogens (tertiary/aromatic N) is 1. The van der Waals surface area contributed by atoms with E-state index in [4.69, 9.17) is 0 Å². The Morgan fingerprint density at radius 1 is 0.941 bits per heavy atom. The first-order valence-corrected chi connectivity index (χ1v) is 7.38. The summed E-state index contributed by atoms with van der Waals surface area (Å²) >= 11 is 0. The van der Waals surface area contributed by atoms with Gasteiger partial charge in [0, 0.05) is 31.1 Å². The number of carbonyl (C=O) groups is 1. The minimum atomic E-state index is 0.348. The first kappa shape index (κ1) is 11.5. The maximum atomic E-state index is 12.5. The lowest BCUT2D eigenvalue weighted by Gasteiger charge is -2.30. The smallest absolute Gasteiger partial charge is 0.225 e. The second kappa shape index (κ2) is 4.97. The fourth-order valence-electron chi connectivity index (χ4n) is 3.75. The molecule has 0 spiro atoms. The average Bonchev–Trinajstić information content (AvgIpc) is 2.69. The molecule has 2 atom stereocenters. The number of fused-ring (bicyclic) bond motifs is 2. The van der Waals surface area contributed by atoms with E-state index in [9.17, 15) is 4.79 Å². The van der Waals surface area contributed by atoms with Crippen LogP contribution < -0.4 is 5.32 Å². The molecule has 3 rings (SSSR count). The molecule has 0 aromatic carbocycles. The summed E-state index contributed by atoms with van der Waals surface area (Å²) in [6, 6.07) is 1.26. The van der Waals surface area contributed by atoms with Crippen LogP contribution in [0.15, 0.2) is 0 Å². The van der Waals surface area contributed by atoms with Crippen molar-refractivity contribution in [3.63, 3.8) is 0 Å². The summed E-state index contributed by atoms with van der Waals surface area (Å²) in [5.74, 6) is 0.805. The number of hydrogen-bond donors (Lipinski definition) is 1. The van der Waals surface area contributed by atoms with Gasteiger partial charge < -0.3 is 10.2 Å². The maximum absolute atomic E-state index is 12.5. The molecule has 2 bridgehead atoms. The predicted octanol–water partition coefficient (Wildman–Crippen LogP) is 1.92. The summed E-state index contributed by atoms with van der Waals surface area (Å²) in [6.07, 6.45) is 9.86. The highest BCUT2D eigenvalue weighted by atomic mass is 16.2. The molecule has 1 N–H and O–H groups in total. The van der Waals surface area contributed by atoms with E-state index in [0.29, 0.717) is 23.9 Å². The molecular weight excluding hydrogens is 212 g/mol. The quantitative estimate of drug-likeness (QED) is 0.754. The zero-order chi connectivity index (χ0) is 11.7. The molecule has 0 aromatic rings. The lowest BCUT2D eigenvalue weighted by atomic mass is 9.88. The van der Waals surface area contributed by atoms with Gasteiger partial charge in [-0.3, -0.25) is 4.79 Å². The third-order valence-corrected chi connectivity index (χ3v) is 4.79. The average molecular weight is 236 g/mol. The van der Waals surface area contributed by atoms with Crippen molar-refractivity contribution in [1.82, 2.24) is 10.2 Å². The fraction of sp³-hybridized carbons (Fsp3) is 0.929. The van der Waals surface area contributed by atoms with Gasteiger partial charge in [0.25, 0.3) is 0 Å². The van der Waals surface area contributed by atoms with Crippen LogP contribution in [0.1, 0.15) is 51.4 Å². The lowest BCUT2D eigenvalue weighted by Crippen LogP contribution is -2.42. The van der Waals surface area contributed by atoms with Crippen LogP contribution >= 0.6 is 0 Å². The molecule has 17 heavy (non-hydrogen) atoms. The Morgan fingerprint density at radius 3 is 2.53 bits per heavy atom. The Hall–Kier alpha value is -0.570. The third kappa shape index (κ3) is 2.49. The predicted molar refractivity (Wildman–Crippen MR) is 67.7 cm³/mol. The van der Waals surface area contributed by atoms with Gasteiger partial charge in [-0.1, -0.05) is 19.3 Å². The molecule has 0 radical (unpaired) electrons. The second-order valence-electron chi connectivity index (χ2n) is 6.05. The third-order valence-electron chi connectivity index (χ3n) is 4.79. The monoisotopic (exact) mass is 236 g/mol. The van der Waals surface area contributed by atoms with Gasteiger partial charge in [0.05, 0.1) is 0 Å². The molecule has 3 fully saturated rings. The molecule has 2 aliphatic heterocycles. The largest absolute Gasteiger partial charge is 0.341 e. The summed E-state index contributed by atoms with van der Waals surface area (Å²) in [5, 5.41) is 3.65. The van der Waals surface area contributed by atoms with Crippen LogP contribution in [0.5, 0.6) is 0 Å². The van der Waals surface area contributed by atoms with E-state index in [0.717, 1.165) is 32.4 Å². The molecule has 2 saturated heterocycles. The fourth-order valence-corrected chi connectivity index (χ4v) is 3.75. The van der Waals surface area contributed by atoms with Gasteiger partial charge in [-0.05, 0) is 32.1 Å². The Balaban J connectivity index is 1.61. The zero-order valence-corrected chi connectivity index (χ0v) is 10.7. The van der Waals surface area contributed by atoms with Crippen LogP contribution in [-0.4, -0.2) is 36.0 Å². The summed E-state index contributed by atoms with van der Waals surface area (Å²) in [7, 11) is 0. The molecular formula is C14H24N2O. The van der Waals surface area contributed by atoms with Crippen molar-refractivity contribution in [2.45, 2.75) is 63.5 Å². The number of carbonyl (C=O) groups excluding carboxylic acids is 1. The van der Waals surface area contributed by atoms with E-state index < -0.39 is 0 Å². The molecule has 1 saturated carbocycles. The van der Waals surface area contributed by atoms with Crippen molar-refractivity contribution < 1.29 is 4.79 Å². The van der Waals surface area contributed by atoms with Crippen molar-refractivity contribution in [2.24, 2.45) is 5.92 Å². The highest BCUT2D eigenvalue weighted by molar-refractivity contribution is 5.79. The molecule has 0 aromatic heterocycles. The van der Waals surface area contributed by atoms with Gasteiger partial charge in [-0.25, -0.2) is 0 Å². The van der Waals surface area contributed by atoms with Gasteiger partial charge in [0.2, 0.25) is 5.91 Å². The standard InChI is InChI=1S/C14H24N2O/c17-14(11-4-2-1-3-5-11)16-9-8-12-6-7-13(10-16)15-12/h11-13,15H,1-10H2. The first-order chi connectivity index (χ1) is 8.33. The molecule has 2 unspecified atom stereocenters. The van der Waals surface area contributed by atoms with E-state index in [1.54, 1.807) is 0 Å². The molecule has 96 valence electrons. The summed E-state index contributed by atoms with van der Waals surface area (Å²) in [5.41, 5.74) is 0. The van der Waals surface area contributed by atoms with Crippen LogP contribution in [0.25, 0.3) is 0 Å². The van der Waals surface area contributed by atoms with Crippen molar-refractivity contribution >= 4 is 5.91 Å². The van der Waals surface area contributed by atoms with Gasteiger partial charge in [0.1, 0.15) is 0 Å². The normalized spacial score (nSPS) is 34.7. The Kier molecular flexibility index (Phi) is 3.37. The molecule has 1 amide bonds. The van der Waals surface area contributed by atoms with Crippen LogP contribution in [-0.2, 0) is 4.79 Å². The van der Waals surface area contributed by atoms with Crippen molar-refractivity contribution in [3.05, 3.63) is 0 Å². The highest BCUT2D eigenvalue weighted by Gasteiger charge is 2.33. The van der Waals surface area contributed by atoms with Crippen LogP contribution in [0, 0.1) is 5.92 Å². The van der Waals surface area contributed by atoms with E-state index >= 15 is 0 Å². The summed E-state index contributed by atoms with van der Waals surface area (Å²) in [6.45, 7) is 1.95. The topological polar surface area (TPSA) is 32.3 Å². The van der Waals surface area contributed by atoms with Gasteiger partial charge in [0.15, 0.2) is 0 Å². The minimum Gasteiger partial charge on any atom is -0.341 e. The maximum Gasteiger partial charge on any atom is 0.225 e. The number of nitrogens with one attached hydrogen (secondary N) is 1. The van der Waals surface area contributed by atoms with Crippen LogP contribution in [0.3, 0.4) is 0 Å².